The highest BCUT2D eigenvalue weighted by atomic mass is 16.5. The number of ether oxygens (including phenoxy) is 2. The Bertz CT molecular complexity index is 968. The van der Waals surface area contributed by atoms with Gasteiger partial charge in [0.15, 0.2) is 0 Å². The molecule has 0 aliphatic carbocycles. The van der Waals surface area contributed by atoms with E-state index < -0.39 is 0 Å². The van der Waals surface area contributed by atoms with Gasteiger partial charge in [-0.2, -0.15) is 0 Å². The first kappa shape index (κ1) is 18.4. The fraction of sp³-hybridized carbons (Fsp3) is 0.190. The van der Waals surface area contributed by atoms with Gasteiger partial charge in [-0.25, -0.2) is 9.78 Å². The van der Waals surface area contributed by atoms with E-state index in [1.54, 1.807) is 30.3 Å². The van der Waals surface area contributed by atoms with Crippen LogP contribution in [0.25, 0.3) is 10.9 Å². The van der Waals surface area contributed by atoms with Crippen LogP contribution in [0.1, 0.15) is 22.8 Å². The quantitative estimate of drug-likeness (QED) is 0.678. The Kier molecular flexibility index (Phi) is 5.66. The number of carbonyl (C=O) groups excluding carboxylic acids is 2. The lowest BCUT2D eigenvalue weighted by molar-refractivity contribution is -0.118. The van der Waals surface area contributed by atoms with Gasteiger partial charge in [0.2, 0.25) is 11.8 Å². The van der Waals surface area contributed by atoms with Crippen molar-refractivity contribution in [2.75, 3.05) is 13.7 Å². The molecule has 3 aromatic rings. The number of amides is 1. The van der Waals surface area contributed by atoms with E-state index in [1.807, 2.05) is 18.2 Å². The summed E-state index contributed by atoms with van der Waals surface area (Å²) in [6.07, 6.45) is 0.764. The smallest absolute Gasteiger partial charge is 0.337 e. The van der Waals surface area contributed by atoms with Gasteiger partial charge in [0.05, 0.1) is 18.2 Å². The normalized spacial score (nSPS) is 10.4. The molecule has 0 radical (unpaired) electrons. The number of hydrogen-bond donors (Lipinski definition) is 1. The Labute approximate surface area is 157 Å². The van der Waals surface area contributed by atoms with Gasteiger partial charge < -0.3 is 14.8 Å². The second-order valence-corrected chi connectivity index (χ2v) is 6.03. The Morgan fingerprint density at radius 3 is 2.52 bits per heavy atom. The fourth-order valence-corrected chi connectivity index (χ4v) is 2.65. The second kappa shape index (κ2) is 8.31. The highest BCUT2D eigenvalue weighted by molar-refractivity contribution is 5.89. The zero-order valence-corrected chi connectivity index (χ0v) is 15.2. The number of hydrogen-bond acceptors (Lipinski definition) is 5. The monoisotopic (exact) mass is 364 g/mol. The van der Waals surface area contributed by atoms with Gasteiger partial charge in [-0.3, -0.25) is 4.79 Å². The highest BCUT2D eigenvalue weighted by Gasteiger charge is 2.06. The van der Waals surface area contributed by atoms with Gasteiger partial charge in [-0.1, -0.05) is 6.07 Å². The van der Waals surface area contributed by atoms with E-state index in [4.69, 9.17) is 4.74 Å². The van der Waals surface area contributed by atoms with E-state index in [0.717, 1.165) is 22.9 Å². The van der Waals surface area contributed by atoms with Crippen LogP contribution >= 0.6 is 0 Å². The summed E-state index contributed by atoms with van der Waals surface area (Å²) in [6, 6.07) is 16.4. The van der Waals surface area contributed by atoms with Crippen LogP contribution in [-0.2, 0) is 16.0 Å². The molecular weight excluding hydrogens is 344 g/mol. The first-order valence-corrected chi connectivity index (χ1v) is 8.55. The topological polar surface area (TPSA) is 77.5 Å². The van der Waals surface area contributed by atoms with Crippen LogP contribution in [0.2, 0.25) is 0 Å². The van der Waals surface area contributed by atoms with Crippen LogP contribution < -0.4 is 10.1 Å². The molecule has 3 rings (SSSR count). The van der Waals surface area contributed by atoms with E-state index in [-0.39, 0.29) is 11.9 Å². The van der Waals surface area contributed by atoms with Crippen molar-refractivity contribution in [2.24, 2.45) is 0 Å². The van der Waals surface area contributed by atoms with Crippen LogP contribution in [0, 0.1) is 0 Å². The van der Waals surface area contributed by atoms with Crippen molar-refractivity contribution in [1.82, 2.24) is 10.3 Å². The van der Waals surface area contributed by atoms with Gasteiger partial charge in [0.1, 0.15) is 5.75 Å². The van der Waals surface area contributed by atoms with Crippen molar-refractivity contribution >= 4 is 22.8 Å². The maximum atomic E-state index is 11.5. The third kappa shape index (κ3) is 4.82. The molecule has 1 heterocycles. The van der Waals surface area contributed by atoms with Crippen LogP contribution in [0.4, 0.5) is 0 Å². The molecule has 0 saturated heterocycles. The summed E-state index contributed by atoms with van der Waals surface area (Å²) in [5.41, 5.74) is 2.41. The fourth-order valence-electron chi connectivity index (χ4n) is 2.65. The van der Waals surface area contributed by atoms with E-state index >= 15 is 0 Å². The van der Waals surface area contributed by atoms with Crippen molar-refractivity contribution in [2.45, 2.75) is 13.3 Å². The number of methoxy groups -OCH3 is 1. The van der Waals surface area contributed by atoms with E-state index in [9.17, 15) is 9.59 Å². The number of rotatable bonds is 6. The summed E-state index contributed by atoms with van der Waals surface area (Å²) in [6.45, 7) is 2.12. The number of fused-ring (bicyclic) bond motifs is 1. The van der Waals surface area contributed by atoms with Gasteiger partial charge in [0, 0.05) is 24.9 Å². The standard InChI is InChI=1S/C21H20N2O4/c1-14(24)22-12-11-15-3-9-19-17(13-15)6-10-20(23-19)27-18-7-4-16(5-8-18)21(25)26-2/h3-10,13H,11-12H2,1-2H3,(H,22,24). The van der Waals surface area contributed by atoms with E-state index in [0.29, 0.717) is 23.7 Å². The molecule has 6 heteroatoms. The lowest BCUT2D eigenvalue weighted by atomic mass is 10.1. The minimum Gasteiger partial charge on any atom is -0.465 e. The van der Waals surface area contributed by atoms with E-state index in [1.165, 1.54) is 14.0 Å². The Hall–Kier alpha value is -3.41. The second-order valence-electron chi connectivity index (χ2n) is 6.03. The molecule has 0 aliphatic rings. The average Bonchev–Trinajstić information content (AvgIpc) is 2.67. The minimum atomic E-state index is -0.389. The molecule has 1 N–H and O–H groups in total. The molecule has 0 spiro atoms. The number of aromatic nitrogens is 1. The summed E-state index contributed by atoms with van der Waals surface area (Å²) in [5.74, 6) is 0.638. The van der Waals surface area contributed by atoms with Crippen molar-refractivity contribution in [1.29, 1.82) is 0 Å². The molecule has 0 aliphatic heterocycles. The van der Waals surface area contributed by atoms with Gasteiger partial charge in [-0.15, -0.1) is 0 Å². The summed E-state index contributed by atoms with van der Waals surface area (Å²) in [5, 5.41) is 3.79. The largest absolute Gasteiger partial charge is 0.465 e. The molecule has 0 fully saturated rings. The molecule has 1 amide bonds. The Balaban J connectivity index is 1.71. The summed E-state index contributed by atoms with van der Waals surface area (Å²) in [4.78, 5) is 26.9. The number of pyridine rings is 1. The molecule has 2 aromatic carbocycles. The molecule has 0 bridgehead atoms. The first-order valence-electron chi connectivity index (χ1n) is 8.55. The molecule has 138 valence electrons. The van der Waals surface area contributed by atoms with Crippen molar-refractivity contribution in [3.63, 3.8) is 0 Å². The number of esters is 1. The maximum Gasteiger partial charge on any atom is 0.337 e. The third-order valence-electron chi connectivity index (χ3n) is 4.01. The lowest BCUT2D eigenvalue weighted by Crippen LogP contribution is -2.22. The van der Waals surface area contributed by atoms with Crippen LogP contribution in [-0.4, -0.2) is 30.5 Å². The van der Waals surface area contributed by atoms with Crippen LogP contribution in [0.5, 0.6) is 11.6 Å². The third-order valence-corrected chi connectivity index (χ3v) is 4.01. The first-order chi connectivity index (χ1) is 13.0. The predicted molar refractivity (Wildman–Crippen MR) is 102 cm³/mol. The van der Waals surface area contributed by atoms with Gasteiger partial charge in [-0.05, 0) is 54.4 Å². The zero-order valence-electron chi connectivity index (χ0n) is 15.2. The van der Waals surface area contributed by atoms with Gasteiger partial charge >= 0.3 is 5.97 Å². The van der Waals surface area contributed by atoms with Gasteiger partial charge in [0.25, 0.3) is 0 Å². The Morgan fingerprint density at radius 2 is 1.81 bits per heavy atom. The lowest BCUT2D eigenvalue weighted by Gasteiger charge is -2.08. The van der Waals surface area contributed by atoms with Crippen molar-refractivity contribution < 1.29 is 19.1 Å². The minimum absolute atomic E-state index is 0.0288. The number of carbonyl (C=O) groups is 2. The van der Waals surface area contributed by atoms with Crippen LogP contribution in [0.3, 0.4) is 0 Å². The summed E-state index contributed by atoms with van der Waals surface area (Å²) in [7, 11) is 1.34. The number of nitrogens with one attached hydrogen (secondary N) is 1. The molecule has 0 saturated carbocycles. The van der Waals surface area contributed by atoms with Crippen molar-refractivity contribution in [3.8, 4) is 11.6 Å². The van der Waals surface area contributed by atoms with Crippen LogP contribution in [0.15, 0.2) is 54.6 Å². The summed E-state index contributed by atoms with van der Waals surface area (Å²) < 4.78 is 10.4. The number of nitrogens with zero attached hydrogens (tertiary/aromatic N) is 1. The molecule has 0 unspecified atom stereocenters. The predicted octanol–water partition coefficient (Wildman–Crippen LogP) is 3.49. The molecule has 6 nitrogen and oxygen atoms in total. The SMILES string of the molecule is COC(=O)c1ccc(Oc2ccc3cc(CCNC(C)=O)ccc3n2)cc1. The molecule has 1 aromatic heterocycles. The average molecular weight is 364 g/mol. The van der Waals surface area contributed by atoms with Crippen molar-refractivity contribution in [3.05, 3.63) is 65.7 Å². The number of benzene rings is 2. The molecule has 0 atom stereocenters. The maximum absolute atomic E-state index is 11.5. The molecular formula is C21H20N2O4. The van der Waals surface area contributed by atoms with E-state index in [2.05, 4.69) is 21.1 Å². The summed E-state index contributed by atoms with van der Waals surface area (Å²) >= 11 is 0. The Morgan fingerprint density at radius 1 is 1.04 bits per heavy atom. The highest BCUT2D eigenvalue weighted by Crippen LogP contribution is 2.23. The molecule has 27 heavy (non-hydrogen) atoms. The zero-order chi connectivity index (χ0) is 19.2.